The molecular formula is C25H25N5O4S. The fourth-order valence-electron chi connectivity index (χ4n) is 4.52. The van der Waals surface area contributed by atoms with Crippen molar-refractivity contribution in [1.29, 1.82) is 0 Å². The average molecular weight is 492 g/mol. The maximum absolute atomic E-state index is 13.2. The number of rotatable bonds is 7. The minimum Gasteiger partial charge on any atom is -0.376 e. The van der Waals surface area contributed by atoms with Crippen molar-refractivity contribution in [2.24, 2.45) is 0 Å². The lowest BCUT2D eigenvalue weighted by Gasteiger charge is -2.32. The van der Waals surface area contributed by atoms with Gasteiger partial charge in [-0.3, -0.25) is 15.0 Å². The second-order valence-corrected chi connectivity index (χ2v) is 10.4. The van der Waals surface area contributed by atoms with Crippen molar-refractivity contribution in [2.75, 3.05) is 18.4 Å². The summed E-state index contributed by atoms with van der Waals surface area (Å²) in [6.07, 6.45) is 4.16. The molecule has 4 aromatic rings. The first-order valence-electron chi connectivity index (χ1n) is 11.4. The molecule has 0 aliphatic carbocycles. The van der Waals surface area contributed by atoms with Crippen molar-refractivity contribution in [3.8, 4) is 0 Å². The highest BCUT2D eigenvalue weighted by Crippen LogP contribution is 2.35. The summed E-state index contributed by atoms with van der Waals surface area (Å²) < 4.78 is 27.4. The molecule has 2 aromatic heterocycles. The summed E-state index contributed by atoms with van der Waals surface area (Å²) in [4.78, 5) is 17.9. The highest BCUT2D eigenvalue weighted by Gasteiger charge is 2.27. The van der Waals surface area contributed by atoms with Crippen LogP contribution in [0.5, 0.6) is 0 Å². The number of nitrogens with zero attached hydrogens (tertiary/aromatic N) is 4. The second kappa shape index (κ2) is 9.47. The molecule has 1 N–H and O–H groups in total. The van der Waals surface area contributed by atoms with Crippen LogP contribution in [0.15, 0.2) is 84.0 Å². The molecule has 2 aromatic carbocycles. The van der Waals surface area contributed by atoms with Gasteiger partial charge in [-0.05, 0) is 36.6 Å². The summed E-state index contributed by atoms with van der Waals surface area (Å²) in [7, 11) is -3.89. The number of aromatic nitrogens is 2. The van der Waals surface area contributed by atoms with Gasteiger partial charge in [-0.1, -0.05) is 48.5 Å². The number of nitrogens with one attached hydrogen (secondary N) is 1. The van der Waals surface area contributed by atoms with E-state index in [1.165, 1.54) is 23.9 Å². The molecule has 0 saturated carbocycles. The molecular weight excluding hydrogens is 466 g/mol. The Morgan fingerprint density at radius 3 is 2.31 bits per heavy atom. The van der Waals surface area contributed by atoms with E-state index in [1.54, 1.807) is 24.3 Å². The number of piperidine rings is 1. The van der Waals surface area contributed by atoms with E-state index in [1.807, 2.05) is 18.2 Å². The topological polar surface area (TPSA) is 110 Å². The number of hydrogen-bond acceptors (Lipinski definition) is 7. The van der Waals surface area contributed by atoms with Crippen LogP contribution in [0, 0.1) is 10.1 Å². The van der Waals surface area contributed by atoms with Crippen LogP contribution in [0.4, 0.5) is 11.4 Å². The monoisotopic (exact) mass is 491 g/mol. The molecule has 10 heteroatoms. The summed E-state index contributed by atoms with van der Waals surface area (Å²) in [5.74, 6) is 0. The van der Waals surface area contributed by atoms with Crippen molar-refractivity contribution in [3.63, 3.8) is 0 Å². The molecule has 0 unspecified atom stereocenters. The zero-order chi connectivity index (χ0) is 24.4. The molecule has 0 bridgehead atoms. The molecule has 3 heterocycles. The predicted octanol–water partition coefficient (Wildman–Crippen LogP) is 4.26. The van der Waals surface area contributed by atoms with Gasteiger partial charge in [0.15, 0.2) is 5.65 Å². The molecule has 5 rings (SSSR count). The van der Waals surface area contributed by atoms with Crippen molar-refractivity contribution in [3.05, 3.63) is 94.8 Å². The van der Waals surface area contributed by atoms with Gasteiger partial charge in [0.1, 0.15) is 11.9 Å². The van der Waals surface area contributed by atoms with Crippen molar-refractivity contribution in [2.45, 2.75) is 30.3 Å². The van der Waals surface area contributed by atoms with Crippen LogP contribution in [-0.4, -0.2) is 46.3 Å². The van der Waals surface area contributed by atoms with Crippen molar-refractivity contribution in [1.82, 2.24) is 13.9 Å². The van der Waals surface area contributed by atoms with Gasteiger partial charge in [-0.2, -0.15) is 0 Å². The maximum Gasteiger partial charge on any atom is 0.311 e. The summed E-state index contributed by atoms with van der Waals surface area (Å²) in [6, 6.07) is 19.9. The summed E-state index contributed by atoms with van der Waals surface area (Å²) in [5.41, 5.74) is 1.55. The fourth-order valence-corrected chi connectivity index (χ4v) is 5.85. The van der Waals surface area contributed by atoms with E-state index >= 15 is 0 Å². The van der Waals surface area contributed by atoms with Gasteiger partial charge < -0.3 is 5.32 Å². The van der Waals surface area contributed by atoms with Crippen LogP contribution in [0.1, 0.15) is 18.4 Å². The zero-order valence-electron chi connectivity index (χ0n) is 18.9. The van der Waals surface area contributed by atoms with Crippen molar-refractivity contribution >= 4 is 32.4 Å². The van der Waals surface area contributed by atoms with Crippen LogP contribution in [0.3, 0.4) is 0 Å². The van der Waals surface area contributed by atoms with Gasteiger partial charge in [0, 0.05) is 31.9 Å². The third-order valence-corrected chi connectivity index (χ3v) is 8.02. The predicted molar refractivity (Wildman–Crippen MR) is 134 cm³/mol. The first kappa shape index (κ1) is 23.0. The van der Waals surface area contributed by atoms with E-state index in [9.17, 15) is 18.5 Å². The SMILES string of the molecule is O=[N+]([O-])c1cnc2c(ccn2S(=O)(=O)c2ccccc2)c1NC1CCN(Cc2ccccc2)CC1. The minimum absolute atomic E-state index is 0.0282. The van der Waals surface area contributed by atoms with Crippen LogP contribution >= 0.6 is 0 Å². The summed E-state index contributed by atoms with van der Waals surface area (Å²) >= 11 is 0. The van der Waals surface area contributed by atoms with Crippen molar-refractivity contribution < 1.29 is 13.3 Å². The number of pyridine rings is 1. The highest BCUT2D eigenvalue weighted by atomic mass is 32.2. The first-order valence-corrected chi connectivity index (χ1v) is 12.9. The molecule has 0 radical (unpaired) electrons. The molecule has 180 valence electrons. The van der Waals surface area contributed by atoms with Gasteiger partial charge in [0.25, 0.3) is 10.0 Å². The Bertz CT molecular complexity index is 1450. The van der Waals surface area contributed by atoms with Gasteiger partial charge in [-0.25, -0.2) is 17.4 Å². The number of hydrogen-bond donors (Lipinski definition) is 1. The highest BCUT2D eigenvalue weighted by molar-refractivity contribution is 7.90. The molecule has 1 fully saturated rings. The lowest BCUT2D eigenvalue weighted by Crippen LogP contribution is -2.38. The maximum atomic E-state index is 13.2. The first-order chi connectivity index (χ1) is 16.9. The Morgan fingerprint density at radius 2 is 1.66 bits per heavy atom. The molecule has 0 spiro atoms. The molecule has 1 aliphatic heterocycles. The number of benzene rings is 2. The number of likely N-dealkylation sites (tertiary alicyclic amines) is 1. The van der Waals surface area contributed by atoms with Crippen LogP contribution in [0.2, 0.25) is 0 Å². The van der Waals surface area contributed by atoms with E-state index in [2.05, 4.69) is 27.3 Å². The second-order valence-electron chi connectivity index (χ2n) is 8.62. The Labute approximate surface area is 203 Å². The molecule has 1 saturated heterocycles. The Kier molecular flexibility index (Phi) is 6.23. The summed E-state index contributed by atoms with van der Waals surface area (Å²) in [5, 5.41) is 15.5. The standard InChI is InChI=1S/C25H25N5O4S/c31-30(32)23-17-26-25-22(13-16-29(25)35(33,34)21-9-5-2-6-10-21)24(23)27-20-11-14-28(15-12-20)18-19-7-3-1-4-8-19/h1-10,13,16-17,20H,11-12,14-15,18H2,(H,26,27). The smallest absolute Gasteiger partial charge is 0.311 e. The normalized spacial score (nSPS) is 15.3. The Hall–Kier alpha value is -3.76. The van der Waals surface area contributed by atoms with Crippen LogP contribution in [0.25, 0.3) is 11.0 Å². The zero-order valence-corrected chi connectivity index (χ0v) is 19.8. The molecule has 35 heavy (non-hydrogen) atoms. The minimum atomic E-state index is -3.89. The third kappa shape index (κ3) is 4.62. The third-order valence-electron chi connectivity index (χ3n) is 6.34. The van der Waals surface area contributed by atoms with E-state index in [0.29, 0.717) is 11.1 Å². The molecule has 1 aliphatic rings. The Balaban J connectivity index is 1.41. The fraction of sp³-hybridized carbons (Fsp3) is 0.240. The molecule has 0 amide bonds. The largest absolute Gasteiger partial charge is 0.376 e. The molecule has 9 nitrogen and oxygen atoms in total. The number of nitro groups is 1. The Morgan fingerprint density at radius 1 is 1.00 bits per heavy atom. The van der Waals surface area contributed by atoms with Gasteiger partial charge in [0.2, 0.25) is 0 Å². The van der Waals surface area contributed by atoms with Gasteiger partial charge in [0.05, 0.1) is 15.2 Å². The van der Waals surface area contributed by atoms with Crippen LogP contribution < -0.4 is 5.32 Å². The average Bonchev–Trinajstić information content (AvgIpc) is 3.32. The quantitative estimate of drug-likeness (QED) is 0.304. The number of fused-ring (bicyclic) bond motifs is 1. The van der Waals surface area contributed by atoms with E-state index in [4.69, 9.17) is 0 Å². The molecule has 0 atom stereocenters. The van der Waals surface area contributed by atoms with E-state index < -0.39 is 14.9 Å². The van der Waals surface area contributed by atoms with E-state index in [-0.39, 0.29) is 22.3 Å². The van der Waals surface area contributed by atoms with Gasteiger partial charge in [-0.15, -0.1) is 0 Å². The van der Waals surface area contributed by atoms with E-state index in [0.717, 1.165) is 42.6 Å². The lowest BCUT2D eigenvalue weighted by molar-refractivity contribution is -0.384. The number of anilines is 1. The lowest BCUT2D eigenvalue weighted by atomic mass is 10.0. The summed E-state index contributed by atoms with van der Waals surface area (Å²) in [6.45, 7) is 2.59. The van der Waals surface area contributed by atoms with Crippen LogP contribution in [-0.2, 0) is 16.6 Å². The van der Waals surface area contributed by atoms with Gasteiger partial charge >= 0.3 is 5.69 Å².